The molecule has 2 unspecified atom stereocenters. The number of H-pyrrole nitrogens is 1. The number of para-hydroxylation sites is 1. The maximum absolute atomic E-state index is 13.4. The number of hydrogen-bond acceptors (Lipinski definition) is 5. The highest BCUT2D eigenvalue weighted by molar-refractivity contribution is 5.97. The number of aliphatic hydroxyl groups is 1. The average Bonchev–Trinajstić information content (AvgIpc) is 3.19. The smallest absolute Gasteiger partial charge is 0.246 e. The van der Waals surface area contributed by atoms with Crippen LogP contribution in [0, 0.1) is 0 Å². The third kappa shape index (κ3) is 3.02. The Labute approximate surface area is 185 Å². The van der Waals surface area contributed by atoms with E-state index in [1.807, 2.05) is 36.4 Å². The van der Waals surface area contributed by atoms with E-state index in [-0.39, 0.29) is 31.5 Å². The van der Waals surface area contributed by atoms with Crippen LogP contribution >= 0.6 is 0 Å². The Bertz CT molecular complexity index is 1200. The summed E-state index contributed by atoms with van der Waals surface area (Å²) < 4.78 is 11.0. The summed E-state index contributed by atoms with van der Waals surface area (Å²) in [7, 11) is 3.17. The minimum Gasteiger partial charge on any atom is -0.497 e. The predicted molar refractivity (Wildman–Crippen MR) is 118 cm³/mol. The van der Waals surface area contributed by atoms with Gasteiger partial charge in [0.25, 0.3) is 0 Å². The Morgan fingerprint density at radius 3 is 2.69 bits per heavy atom. The quantitative estimate of drug-likeness (QED) is 0.638. The topological polar surface area (TPSA) is 95.1 Å². The van der Waals surface area contributed by atoms with E-state index < -0.39 is 12.1 Å². The Balaban J connectivity index is 1.73. The van der Waals surface area contributed by atoms with Crippen molar-refractivity contribution in [1.82, 2.24) is 14.8 Å². The first-order chi connectivity index (χ1) is 15.6. The van der Waals surface area contributed by atoms with Crippen LogP contribution in [-0.2, 0) is 16.0 Å². The average molecular weight is 435 g/mol. The number of rotatable bonds is 5. The van der Waals surface area contributed by atoms with Crippen molar-refractivity contribution in [2.24, 2.45) is 0 Å². The largest absolute Gasteiger partial charge is 0.497 e. The summed E-state index contributed by atoms with van der Waals surface area (Å²) in [6.07, 6.45) is 0.417. The molecule has 5 rings (SSSR count). The fraction of sp³-hybridized carbons (Fsp3) is 0.333. The van der Waals surface area contributed by atoms with E-state index in [0.29, 0.717) is 17.9 Å². The van der Waals surface area contributed by atoms with E-state index in [9.17, 15) is 14.7 Å². The first-order valence-corrected chi connectivity index (χ1v) is 10.6. The lowest BCUT2D eigenvalue weighted by Crippen LogP contribution is -2.63. The molecular weight excluding hydrogens is 410 g/mol. The zero-order valence-electron chi connectivity index (χ0n) is 18.0. The molecule has 0 radical (unpaired) electrons. The van der Waals surface area contributed by atoms with Gasteiger partial charge in [0, 0.05) is 41.2 Å². The molecule has 1 fully saturated rings. The molecule has 0 saturated carbocycles. The summed E-state index contributed by atoms with van der Waals surface area (Å²) in [6.45, 7) is -0.0909. The van der Waals surface area contributed by atoms with Gasteiger partial charge in [0.1, 0.15) is 23.6 Å². The maximum atomic E-state index is 13.4. The molecule has 2 amide bonds. The third-order valence-electron chi connectivity index (χ3n) is 6.45. The molecule has 8 nitrogen and oxygen atoms in total. The Hall–Kier alpha value is -3.52. The lowest BCUT2D eigenvalue weighted by atomic mass is 9.86. The number of nitrogens with zero attached hydrogens (tertiary/aromatic N) is 2. The zero-order chi connectivity index (χ0) is 22.4. The van der Waals surface area contributed by atoms with Crippen LogP contribution in [0.3, 0.4) is 0 Å². The number of fused-ring (bicyclic) bond motifs is 4. The summed E-state index contributed by atoms with van der Waals surface area (Å²) in [5.41, 5.74) is 3.66. The molecule has 0 aliphatic carbocycles. The monoisotopic (exact) mass is 435 g/mol. The molecule has 3 aromatic rings. The van der Waals surface area contributed by atoms with Crippen molar-refractivity contribution < 1.29 is 24.2 Å². The number of carbonyl (C=O) groups excluding carboxylic acids is 2. The highest BCUT2D eigenvalue weighted by Crippen LogP contribution is 2.45. The standard InChI is InChI=1S/C24H25N3O5/c1-31-14-7-8-16(20(11-14)32-2)23-22-17(15-5-3-4-6-18(15)25-22)12-19-24(30)26(9-10-28)13-21(29)27(19)23/h3-8,11,19,23,25,28H,9-10,12-13H2,1-2H3. The van der Waals surface area contributed by atoms with Crippen LogP contribution in [0.25, 0.3) is 10.9 Å². The van der Waals surface area contributed by atoms with Crippen LogP contribution in [-0.4, -0.2) is 71.7 Å². The summed E-state index contributed by atoms with van der Waals surface area (Å²) in [4.78, 5) is 33.3. The van der Waals surface area contributed by atoms with Gasteiger partial charge in [-0.05, 0) is 23.8 Å². The van der Waals surface area contributed by atoms with Gasteiger partial charge in [-0.3, -0.25) is 9.59 Å². The molecule has 32 heavy (non-hydrogen) atoms. The van der Waals surface area contributed by atoms with Crippen molar-refractivity contribution in [2.75, 3.05) is 33.9 Å². The summed E-state index contributed by atoms with van der Waals surface area (Å²) in [6, 6.07) is 12.3. The minimum absolute atomic E-state index is 0.0551. The van der Waals surface area contributed by atoms with Crippen molar-refractivity contribution >= 4 is 22.7 Å². The molecule has 0 bridgehead atoms. The van der Waals surface area contributed by atoms with Gasteiger partial charge in [-0.15, -0.1) is 0 Å². The molecule has 0 spiro atoms. The predicted octanol–water partition coefficient (Wildman–Crippen LogP) is 1.86. The Morgan fingerprint density at radius 1 is 1.12 bits per heavy atom. The molecule has 1 saturated heterocycles. The summed E-state index contributed by atoms with van der Waals surface area (Å²) in [5.74, 6) is 0.921. The fourth-order valence-electron chi connectivity index (χ4n) is 5.00. The summed E-state index contributed by atoms with van der Waals surface area (Å²) >= 11 is 0. The van der Waals surface area contributed by atoms with Crippen molar-refractivity contribution in [3.8, 4) is 11.5 Å². The number of aromatic amines is 1. The lowest BCUT2D eigenvalue weighted by molar-refractivity contribution is -0.159. The van der Waals surface area contributed by atoms with Gasteiger partial charge < -0.3 is 29.4 Å². The molecule has 2 aliphatic heterocycles. The Morgan fingerprint density at radius 2 is 1.94 bits per heavy atom. The van der Waals surface area contributed by atoms with Crippen LogP contribution in [0.4, 0.5) is 0 Å². The van der Waals surface area contributed by atoms with Gasteiger partial charge in [0.05, 0.1) is 27.4 Å². The number of piperazine rings is 1. The fourth-order valence-corrected chi connectivity index (χ4v) is 5.00. The number of aliphatic hydroxyl groups excluding tert-OH is 1. The normalized spacial score (nSPS) is 20.3. The van der Waals surface area contributed by atoms with Gasteiger partial charge in [-0.1, -0.05) is 18.2 Å². The van der Waals surface area contributed by atoms with E-state index in [1.54, 1.807) is 25.2 Å². The molecule has 2 aliphatic rings. The number of nitrogens with one attached hydrogen (secondary N) is 1. The first kappa shape index (κ1) is 20.4. The number of ether oxygens (including phenoxy) is 2. The molecule has 2 N–H and O–H groups in total. The molecule has 2 atom stereocenters. The van der Waals surface area contributed by atoms with E-state index in [2.05, 4.69) is 4.98 Å². The highest BCUT2D eigenvalue weighted by Gasteiger charge is 2.48. The van der Waals surface area contributed by atoms with Crippen LogP contribution in [0.15, 0.2) is 42.5 Å². The van der Waals surface area contributed by atoms with Crippen LogP contribution in [0.5, 0.6) is 11.5 Å². The number of amides is 2. The van der Waals surface area contributed by atoms with Crippen LogP contribution < -0.4 is 9.47 Å². The van der Waals surface area contributed by atoms with Crippen molar-refractivity contribution in [1.29, 1.82) is 0 Å². The lowest BCUT2D eigenvalue weighted by Gasteiger charge is -2.47. The Kier molecular flexibility index (Phi) is 5.01. The highest BCUT2D eigenvalue weighted by atomic mass is 16.5. The van der Waals surface area contributed by atoms with Gasteiger partial charge in [0.15, 0.2) is 0 Å². The zero-order valence-corrected chi connectivity index (χ0v) is 18.0. The number of carbonyl (C=O) groups is 2. The van der Waals surface area contributed by atoms with E-state index >= 15 is 0 Å². The van der Waals surface area contributed by atoms with Crippen LogP contribution in [0.1, 0.15) is 22.9 Å². The molecule has 2 aromatic carbocycles. The van der Waals surface area contributed by atoms with E-state index in [0.717, 1.165) is 27.7 Å². The van der Waals surface area contributed by atoms with Gasteiger partial charge >= 0.3 is 0 Å². The SMILES string of the molecule is COc1ccc(C2c3[nH]c4ccccc4c3CC3C(=O)N(CCO)CC(=O)N32)c(OC)c1. The second-order valence-corrected chi connectivity index (χ2v) is 8.08. The number of aromatic nitrogens is 1. The van der Waals surface area contributed by atoms with Crippen molar-refractivity contribution in [2.45, 2.75) is 18.5 Å². The van der Waals surface area contributed by atoms with E-state index in [1.165, 1.54) is 4.90 Å². The van der Waals surface area contributed by atoms with Gasteiger partial charge in [-0.25, -0.2) is 0 Å². The number of β-amino-alcohol motifs (C(OH)–C–C–N with tert-alkyl or cyclic N) is 1. The minimum atomic E-state index is -0.647. The second kappa shape index (κ2) is 7.87. The summed E-state index contributed by atoms with van der Waals surface area (Å²) in [5, 5.41) is 10.4. The first-order valence-electron chi connectivity index (χ1n) is 10.6. The molecule has 166 valence electrons. The number of benzene rings is 2. The van der Waals surface area contributed by atoms with Crippen LogP contribution in [0.2, 0.25) is 0 Å². The van der Waals surface area contributed by atoms with Gasteiger partial charge in [0.2, 0.25) is 11.8 Å². The molecule has 1 aromatic heterocycles. The number of hydrogen-bond donors (Lipinski definition) is 2. The van der Waals surface area contributed by atoms with Crippen molar-refractivity contribution in [3.05, 3.63) is 59.3 Å². The maximum Gasteiger partial charge on any atom is 0.246 e. The molecular formula is C24H25N3O5. The van der Waals surface area contributed by atoms with Gasteiger partial charge in [-0.2, -0.15) is 0 Å². The van der Waals surface area contributed by atoms with Crippen molar-refractivity contribution in [3.63, 3.8) is 0 Å². The molecule has 3 heterocycles. The molecule has 8 heteroatoms. The number of methoxy groups -OCH3 is 2. The van der Waals surface area contributed by atoms with E-state index in [4.69, 9.17) is 9.47 Å². The second-order valence-electron chi connectivity index (χ2n) is 8.08. The third-order valence-corrected chi connectivity index (χ3v) is 6.45.